The summed E-state index contributed by atoms with van der Waals surface area (Å²) in [6.45, 7) is 7.00. The van der Waals surface area contributed by atoms with Gasteiger partial charge in [-0.15, -0.1) is 0 Å². The van der Waals surface area contributed by atoms with Crippen LogP contribution in [-0.4, -0.2) is 5.71 Å². The Labute approximate surface area is 66.9 Å². The number of rotatable bonds is 4. The minimum atomic E-state index is 0.297. The first-order chi connectivity index (χ1) is 5.35. The maximum atomic E-state index is 8.30. The molecule has 0 radical (unpaired) electrons. The zero-order valence-corrected chi connectivity index (χ0v) is 6.33. The molecule has 0 saturated heterocycles. The Balaban J connectivity index is 4.13. The van der Waals surface area contributed by atoms with Crippen LogP contribution in [0.4, 0.5) is 0 Å². The molecule has 0 fully saturated rings. The smallest absolute Gasteiger partial charge is 0.0774 e. The Hall–Kier alpha value is -1.62. The molecule has 0 amide bonds. The molecule has 0 heterocycles. The SMILES string of the molecule is C=C/C=C\N=C(/C=C)CC#N. The van der Waals surface area contributed by atoms with Crippen molar-refractivity contribution in [1.29, 1.82) is 5.26 Å². The molecule has 0 atom stereocenters. The molecule has 2 nitrogen and oxygen atoms in total. The fourth-order valence-electron chi connectivity index (χ4n) is 0.451. The van der Waals surface area contributed by atoms with Crippen LogP contribution in [0.25, 0.3) is 0 Å². The van der Waals surface area contributed by atoms with E-state index >= 15 is 0 Å². The molecule has 0 saturated carbocycles. The number of nitriles is 1. The largest absolute Gasteiger partial charge is 0.260 e. The maximum absolute atomic E-state index is 8.30. The number of allylic oxidation sites excluding steroid dienone is 3. The van der Waals surface area contributed by atoms with Gasteiger partial charge in [-0.2, -0.15) is 5.26 Å². The average Bonchev–Trinajstić information content (AvgIpc) is 2.03. The van der Waals surface area contributed by atoms with E-state index in [-0.39, 0.29) is 0 Å². The third-order valence-electron chi connectivity index (χ3n) is 0.958. The normalized spacial score (nSPS) is 11.0. The van der Waals surface area contributed by atoms with Gasteiger partial charge in [0.15, 0.2) is 0 Å². The highest BCUT2D eigenvalue weighted by Gasteiger charge is 1.87. The molecule has 0 unspecified atom stereocenters. The summed E-state index contributed by atoms with van der Waals surface area (Å²) >= 11 is 0. The molecule has 0 aromatic heterocycles. The summed E-state index contributed by atoms with van der Waals surface area (Å²) in [6, 6.07) is 1.98. The molecule has 0 aliphatic heterocycles. The van der Waals surface area contributed by atoms with Gasteiger partial charge < -0.3 is 0 Å². The van der Waals surface area contributed by atoms with Gasteiger partial charge in [-0.25, -0.2) is 0 Å². The maximum Gasteiger partial charge on any atom is 0.0774 e. The fourth-order valence-corrected chi connectivity index (χ4v) is 0.451. The summed E-state index contributed by atoms with van der Waals surface area (Å²) in [5, 5.41) is 8.30. The van der Waals surface area contributed by atoms with Crippen molar-refractivity contribution in [3.63, 3.8) is 0 Å². The van der Waals surface area contributed by atoms with Crippen molar-refractivity contribution in [2.24, 2.45) is 4.99 Å². The first-order valence-corrected chi connectivity index (χ1v) is 3.18. The topological polar surface area (TPSA) is 36.1 Å². The Morgan fingerprint density at radius 2 is 2.27 bits per heavy atom. The molecular weight excluding hydrogens is 136 g/mol. The lowest BCUT2D eigenvalue weighted by molar-refractivity contribution is 1.38. The first-order valence-electron chi connectivity index (χ1n) is 3.18. The van der Waals surface area contributed by atoms with Gasteiger partial charge in [-0.1, -0.05) is 19.2 Å². The summed E-state index contributed by atoms with van der Waals surface area (Å²) < 4.78 is 0. The molecule has 0 aliphatic rings. The van der Waals surface area contributed by atoms with Crippen molar-refractivity contribution in [2.75, 3.05) is 0 Å². The summed E-state index contributed by atoms with van der Waals surface area (Å²) in [5.74, 6) is 0. The second-order valence-corrected chi connectivity index (χ2v) is 1.74. The Kier molecular flexibility index (Phi) is 5.54. The highest BCUT2D eigenvalue weighted by Crippen LogP contribution is 1.88. The average molecular weight is 146 g/mol. The zero-order chi connectivity index (χ0) is 8.53. The van der Waals surface area contributed by atoms with E-state index in [1.807, 2.05) is 6.07 Å². The van der Waals surface area contributed by atoms with Gasteiger partial charge in [-0.05, 0) is 12.2 Å². The van der Waals surface area contributed by atoms with Crippen LogP contribution >= 0.6 is 0 Å². The first kappa shape index (κ1) is 9.38. The van der Waals surface area contributed by atoms with E-state index in [0.717, 1.165) is 0 Å². The predicted molar refractivity (Wildman–Crippen MR) is 47.2 cm³/mol. The lowest BCUT2D eigenvalue weighted by Gasteiger charge is -1.87. The molecular formula is C9H10N2. The summed E-state index contributed by atoms with van der Waals surface area (Å²) in [6.07, 6.45) is 6.76. The van der Waals surface area contributed by atoms with Crippen LogP contribution in [0.1, 0.15) is 6.42 Å². The van der Waals surface area contributed by atoms with Crippen LogP contribution in [0, 0.1) is 11.3 Å². The summed E-state index contributed by atoms with van der Waals surface area (Å²) in [5.41, 5.74) is 0.672. The van der Waals surface area contributed by atoms with Crippen LogP contribution in [0.5, 0.6) is 0 Å². The van der Waals surface area contributed by atoms with Crippen LogP contribution in [-0.2, 0) is 0 Å². The number of nitrogens with zero attached hydrogens (tertiary/aromatic N) is 2. The van der Waals surface area contributed by atoms with E-state index in [0.29, 0.717) is 12.1 Å². The number of aliphatic imine (C=N–C) groups is 1. The van der Waals surface area contributed by atoms with Gasteiger partial charge >= 0.3 is 0 Å². The molecule has 0 aliphatic carbocycles. The van der Waals surface area contributed by atoms with Crippen LogP contribution in [0.2, 0.25) is 0 Å². The second-order valence-electron chi connectivity index (χ2n) is 1.74. The Morgan fingerprint density at radius 1 is 1.55 bits per heavy atom. The third-order valence-corrected chi connectivity index (χ3v) is 0.958. The van der Waals surface area contributed by atoms with E-state index in [2.05, 4.69) is 18.2 Å². The molecule has 0 N–H and O–H groups in total. The van der Waals surface area contributed by atoms with Gasteiger partial charge in [0.2, 0.25) is 0 Å². The van der Waals surface area contributed by atoms with Crippen molar-refractivity contribution in [3.05, 3.63) is 37.6 Å². The van der Waals surface area contributed by atoms with Crippen LogP contribution < -0.4 is 0 Å². The monoisotopic (exact) mass is 146 g/mol. The van der Waals surface area contributed by atoms with Crippen molar-refractivity contribution in [1.82, 2.24) is 0 Å². The van der Waals surface area contributed by atoms with E-state index < -0.39 is 0 Å². The zero-order valence-electron chi connectivity index (χ0n) is 6.33. The van der Waals surface area contributed by atoms with E-state index in [4.69, 9.17) is 5.26 Å². The van der Waals surface area contributed by atoms with E-state index in [1.54, 1.807) is 24.4 Å². The Bertz CT molecular complexity index is 228. The second kappa shape index (κ2) is 6.50. The predicted octanol–water partition coefficient (Wildman–Crippen LogP) is 2.23. The highest BCUT2D eigenvalue weighted by molar-refractivity contribution is 5.96. The Morgan fingerprint density at radius 3 is 2.73 bits per heavy atom. The van der Waals surface area contributed by atoms with E-state index in [1.165, 1.54) is 0 Å². The van der Waals surface area contributed by atoms with Gasteiger partial charge in [-0.3, -0.25) is 4.99 Å². The molecule has 0 aromatic carbocycles. The van der Waals surface area contributed by atoms with Crippen molar-refractivity contribution in [3.8, 4) is 6.07 Å². The minimum absolute atomic E-state index is 0.297. The van der Waals surface area contributed by atoms with Crippen LogP contribution in [0.15, 0.2) is 42.6 Å². The van der Waals surface area contributed by atoms with Crippen LogP contribution in [0.3, 0.4) is 0 Å². The fraction of sp³-hybridized carbons (Fsp3) is 0.111. The highest BCUT2D eigenvalue weighted by atomic mass is 14.7. The number of hydrogen-bond donors (Lipinski definition) is 0. The molecule has 2 heteroatoms. The molecule has 11 heavy (non-hydrogen) atoms. The van der Waals surface area contributed by atoms with Crippen molar-refractivity contribution in [2.45, 2.75) is 6.42 Å². The molecule has 0 rings (SSSR count). The lowest BCUT2D eigenvalue weighted by atomic mass is 10.3. The third kappa shape index (κ3) is 4.86. The van der Waals surface area contributed by atoms with E-state index in [9.17, 15) is 0 Å². The quantitative estimate of drug-likeness (QED) is 0.442. The van der Waals surface area contributed by atoms with Gasteiger partial charge in [0.25, 0.3) is 0 Å². The standard InChI is InChI=1S/C9H10N2/c1-3-5-8-11-9(4-2)6-7-10/h3-5,8H,1-2,6H2/b8-5-,11-9+. The van der Waals surface area contributed by atoms with Gasteiger partial charge in [0, 0.05) is 6.20 Å². The van der Waals surface area contributed by atoms with Gasteiger partial charge in [0.1, 0.15) is 0 Å². The molecule has 0 aromatic rings. The molecule has 0 spiro atoms. The summed E-state index contributed by atoms with van der Waals surface area (Å²) in [4.78, 5) is 3.95. The molecule has 0 bridgehead atoms. The summed E-state index contributed by atoms with van der Waals surface area (Å²) in [7, 11) is 0. The van der Waals surface area contributed by atoms with Crippen molar-refractivity contribution < 1.29 is 0 Å². The molecule has 56 valence electrons. The van der Waals surface area contributed by atoms with Crippen molar-refractivity contribution >= 4 is 5.71 Å². The number of hydrogen-bond acceptors (Lipinski definition) is 2. The minimum Gasteiger partial charge on any atom is -0.260 e. The van der Waals surface area contributed by atoms with Gasteiger partial charge in [0.05, 0.1) is 18.2 Å². The lowest BCUT2D eigenvalue weighted by Crippen LogP contribution is -1.88.